The molecular weight excluding hydrogens is 299 g/mol. The average molecular weight is 314 g/mol. The Balaban J connectivity index is 2.40. The summed E-state index contributed by atoms with van der Waals surface area (Å²) >= 11 is 1.32. The minimum Gasteiger partial charge on any atom is -0.326 e. The topological polar surface area (TPSA) is 72.2 Å². The lowest BCUT2D eigenvalue weighted by Gasteiger charge is -2.10. The van der Waals surface area contributed by atoms with Crippen molar-refractivity contribution >= 4 is 27.0 Å². The summed E-state index contributed by atoms with van der Waals surface area (Å²) in [5, 5.41) is 1.76. The maximum absolute atomic E-state index is 13.2. The van der Waals surface area contributed by atoms with Gasteiger partial charge in [0, 0.05) is 17.1 Å². The van der Waals surface area contributed by atoms with Crippen LogP contribution in [0.15, 0.2) is 28.5 Å². The lowest BCUT2D eigenvalue weighted by atomic mass is 10.2. The van der Waals surface area contributed by atoms with E-state index >= 15 is 0 Å². The van der Waals surface area contributed by atoms with Gasteiger partial charge in [-0.1, -0.05) is 0 Å². The highest BCUT2D eigenvalue weighted by Gasteiger charge is 2.22. The third-order valence-electron chi connectivity index (χ3n) is 2.85. The van der Waals surface area contributed by atoms with E-state index in [1.165, 1.54) is 29.5 Å². The van der Waals surface area contributed by atoms with Gasteiger partial charge in [0.05, 0.1) is 0 Å². The molecule has 7 heteroatoms. The first-order valence-electron chi connectivity index (χ1n) is 5.91. The summed E-state index contributed by atoms with van der Waals surface area (Å²) in [6, 6.07) is 4.08. The molecule has 0 bridgehead atoms. The smallest absolute Gasteiger partial charge is 0.263 e. The fourth-order valence-electron chi connectivity index (χ4n) is 1.90. The Labute approximate surface area is 121 Å². The van der Waals surface area contributed by atoms with Gasteiger partial charge >= 0.3 is 0 Å². The Morgan fingerprint density at radius 3 is 2.60 bits per heavy atom. The lowest BCUT2D eigenvalue weighted by molar-refractivity contribution is 0.599. The van der Waals surface area contributed by atoms with Crippen LogP contribution in [0.1, 0.15) is 16.0 Å². The van der Waals surface area contributed by atoms with E-state index in [0.29, 0.717) is 21.7 Å². The number of sulfonamides is 1. The fraction of sp³-hybridized carbons (Fsp3) is 0.231. The Kier molecular flexibility index (Phi) is 4.12. The number of anilines is 1. The van der Waals surface area contributed by atoms with E-state index in [0.717, 1.165) is 0 Å². The number of rotatable bonds is 4. The van der Waals surface area contributed by atoms with E-state index < -0.39 is 10.0 Å². The van der Waals surface area contributed by atoms with Gasteiger partial charge in [0.2, 0.25) is 0 Å². The van der Waals surface area contributed by atoms with Crippen molar-refractivity contribution in [1.82, 2.24) is 0 Å². The predicted molar refractivity (Wildman–Crippen MR) is 78.9 cm³/mol. The van der Waals surface area contributed by atoms with Crippen LogP contribution in [0.2, 0.25) is 0 Å². The summed E-state index contributed by atoms with van der Waals surface area (Å²) in [5.41, 5.74) is 6.93. The molecule has 0 fully saturated rings. The molecule has 20 heavy (non-hydrogen) atoms. The van der Waals surface area contributed by atoms with Crippen molar-refractivity contribution in [2.24, 2.45) is 5.73 Å². The number of aryl methyl sites for hydroxylation is 2. The molecule has 0 saturated carbocycles. The highest BCUT2D eigenvalue weighted by atomic mass is 32.2. The molecule has 0 aliphatic heterocycles. The van der Waals surface area contributed by atoms with Crippen molar-refractivity contribution in [3.05, 3.63) is 45.4 Å². The van der Waals surface area contributed by atoms with Crippen LogP contribution in [0.4, 0.5) is 10.1 Å². The highest BCUT2D eigenvalue weighted by Crippen LogP contribution is 2.28. The van der Waals surface area contributed by atoms with E-state index in [2.05, 4.69) is 4.72 Å². The van der Waals surface area contributed by atoms with Gasteiger partial charge in [-0.15, -0.1) is 11.3 Å². The minimum absolute atomic E-state index is 0.164. The molecule has 4 nitrogen and oxygen atoms in total. The quantitative estimate of drug-likeness (QED) is 0.911. The van der Waals surface area contributed by atoms with Gasteiger partial charge < -0.3 is 5.73 Å². The van der Waals surface area contributed by atoms with Crippen molar-refractivity contribution in [3.63, 3.8) is 0 Å². The Bertz CT molecular complexity index is 739. The van der Waals surface area contributed by atoms with Crippen molar-refractivity contribution in [3.8, 4) is 0 Å². The Morgan fingerprint density at radius 2 is 2.00 bits per heavy atom. The second-order valence-electron chi connectivity index (χ2n) is 4.44. The maximum Gasteiger partial charge on any atom is 0.263 e. The number of halogens is 1. The number of hydrogen-bond donors (Lipinski definition) is 2. The first kappa shape index (κ1) is 15.0. The zero-order valence-electron chi connectivity index (χ0n) is 11.1. The van der Waals surface area contributed by atoms with Crippen LogP contribution >= 0.6 is 11.3 Å². The normalized spacial score (nSPS) is 11.6. The van der Waals surface area contributed by atoms with Crippen LogP contribution in [0.25, 0.3) is 0 Å². The van der Waals surface area contributed by atoms with Crippen LogP contribution < -0.4 is 10.5 Å². The molecule has 0 amide bonds. The summed E-state index contributed by atoms with van der Waals surface area (Å²) in [6.45, 7) is 3.46. The minimum atomic E-state index is -3.72. The Morgan fingerprint density at radius 1 is 1.30 bits per heavy atom. The van der Waals surface area contributed by atoms with Gasteiger partial charge in [-0.3, -0.25) is 4.72 Å². The molecule has 0 aliphatic carbocycles. The largest absolute Gasteiger partial charge is 0.326 e. The molecule has 0 spiro atoms. The molecule has 3 N–H and O–H groups in total. The summed E-state index contributed by atoms with van der Waals surface area (Å²) in [6.07, 6.45) is 0. The number of benzene rings is 1. The lowest BCUT2D eigenvalue weighted by Crippen LogP contribution is -2.16. The molecular formula is C13H15FN2O2S2. The van der Waals surface area contributed by atoms with Gasteiger partial charge in [-0.05, 0) is 48.6 Å². The van der Waals surface area contributed by atoms with Crippen molar-refractivity contribution in [2.45, 2.75) is 25.3 Å². The highest BCUT2D eigenvalue weighted by molar-refractivity contribution is 7.93. The molecule has 0 unspecified atom stereocenters. The van der Waals surface area contributed by atoms with Crippen LogP contribution in [-0.4, -0.2) is 8.42 Å². The van der Waals surface area contributed by atoms with Gasteiger partial charge in [0.25, 0.3) is 10.0 Å². The summed E-state index contributed by atoms with van der Waals surface area (Å²) in [4.78, 5) is 0.820. The van der Waals surface area contributed by atoms with E-state index in [1.54, 1.807) is 19.2 Å². The molecule has 0 atom stereocenters. The van der Waals surface area contributed by atoms with E-state index in [1.807, 2.05) is 0 Å². The molecule has 0 aliphatic rings. The zero-order valence-corrected chi connectivity index (χ0v) is 12.7. The van der Waals surface area contributed by atoms with Gasteiger partial charge in [-0.25, -0.2) is 12.8 Å². The molecule has 0 radical (unpaired) electrons. The molecule has 1 aromatic carbocycles. The van der Waals surface area contributed by atoms with Crippen molar-refractivity contribution in [1.29, 1.82) is 0 Å². The van der Waals surface area contributed by atoms with Crippen LogP contribution in [0.3, 0.4) is 0 Å². The number of hydrogen-bond acceptors (Lipinski definition) is 4. The standard InChI is InChI=1S/C13H15FN2O2S2/c1-8-5-10(3-4-11(8)14)16-20(17,18)13-9(2)7-19-12(13)6-15/h3-5,7,16H,6,15H2,1-2H3. The summed E-state index contributed by atoms with van der Waals surface area (Å²) in [5.74, 6) is -0.373. The van der Waals surface area contributed by atoms with Crippen LogP contribution in [0, 0.1) is 19.7 Å². The van der Waals surface area contributed by atoms with Crippen LogP contribution in [-0.2, 0) is 16.6 Å². The molecule has 1 aromatic heterocycles. The van der Waals surface area contributed by atoms with Crippen molar-refractivity contribution < 1.29 is 12.8 Å². The maximum atomic E-state index is 13.2. The second-order valence-corrected chi connectivity index (χ2v) is 7.03. The number of nitrogens with one attached hydrogen (secondary N) is 1. The average Bonchev–Trinajstić information content (AvgIpc) is 2.75. The van der Waals surface area contributed by atoms with Gasteiger partial charge in [0.1, 0.15) is 10.7 Å². The molecule has 1 heterocycles. The van der Waals surface area contributed by atoms with Gasteiger partial charge in [0.15, 0.2) is 0 Å². The van der Waals surface area contributed by atoms with E-state index in [-0.39, 0.29) is 17.3 Å². The number of nitrogens with two attached hydrogens (primary N) is 1. The molecule has 2 aromatic rings. The third-order valence-corrected chi connectivity index (χ3v) is 5.72. The van der Waals surface area contributed by atoms with E-state index in [9.17, 15) is 12.8 Å². The fourth-order valence-corrected chi connectivity index (χ4v) is 4.66. The monoisotopic (exact) mass is 314 g/mol. The summed E-state index contributed by atoms with van der Waals surface area (Å²) in [7, 11) is -3.72. The first-order chi connectivity index (χ1) is 9.35. The predicted octanol–water partition coefficient (Wildman–Crippen LogP) is 2.76. The molecule has 108 valence electrons. The first-order valence-corrected chi connectivity index (χ1v) is 8.27. The van der Waals surface area contributed by atoms with Crippen LogP contribution in [0.5, 0.6) is 0 Å². The number of thiophene rings is 1. The Hall–Kier alpha value is -1.44. The second kappa shape index (κ2) is 5.51. The third kappa shape index (κ3) is 2.84. The molecule has 2 rings (SSSR count). The van der Waals surface area contributed by atoms with E-state index in [4.69, 9.17) is 5.73 Å². The van der Waals surface area contributed by atoms with Crippen molar-refractivity contribution in [2.75, 3.05) is 4.72 Å². The summed E-state index contributed by atoms with van der Waals surface area (Å²) < 4.78 is 40.5. The zero-order chi connectivity index (χ0) is 14.9. The SMILES string of the molecule is Cc1cc(NS(=O)(=O)c2c(C)csc2CN)ccc1F. The molecule has 0 saturated heterocycles. The van der Waals surface area contributed by atoms with Gasteiger partial charge in [-0.2, -0.15) is 0 Å².